The van der Waals surface area contributed by atoms with Gasteiger partial charge in [-0.25, -0.2) is 0 Å². The Hall–Kier alpha value is -1.59. The first-order valence-electron chi connectivity index (χ1n) is 4.98. The summed E-state index contributed by atoms with van der Waals surface area (Å²) in [6, 6.07) is 5.05. The van der Waals surface area contributed by atoms with Crippen molar-refractivity contribution in [1.82, 2.24) is 5.32 Å². The maximum absolute atomic E-state index is 11.7. The van der Waals surface area contributed by atoms with E-state index >= 15 is 0 Å². The molecular formula is C11H16N2O3. The Bertz CT molecular complexity index is 379. The standard InChI is InChI=1S/C11H16N2O3/c1-7-2-3-8(12)4-10(7)11(16)13-5-9(15)6-14/h2-4,9,14-15H,5-6,12H2,1H3,(H,13,16). The Morgan fingerprint density at radius 2 is 2.25 bits per heavy atom. The quantitative estimate of drug-likeness (QED) is 0.526. The van der Waals surface area contributed by atoms with Gasteiger partial charge >= 0.3 is 0 Å². The minimum atomic E-state index is -0.940. The van der Waals surface area contributed by atoms with Gasteiger partial charge in [-0.05, 0) is 24.6 Å². The SMILES string of the molecule is Cc1ccc(N)cc1C(=O)NCC(O)CO. The molecule has 0 saturated heterocycles. The van der Waals surface area contributed by atoms with E-state index in [-0.39, 0.29) is 19.1 Å². The number of carbonyl (C=O) groups is 1. The molecule has 1 rings (SSSR count). The molecule has 0 bridgehead atoms. The second-order valence-corrected chi connectivity index (χ2v) is 3.62. The van der Waals surface area contributed by atoms with Crippen molar-refractivity contribution in [2.24, 2.45) is 0 Å². The first-order chi connectivity index (χ1) is 7.54. The van der Waals surface area contributed by atoms with Crippen LogP contribution >= 0.6 is 0 Å². The van der Waals surface area contributed by atoms with Crippen LogP contribution < -0.4 is 11.1 Å². The van der Waals surface area contributed by atoms with E-state index in [1.54, 1.807) is 25.1 Å². The monoisotopic (exact) mass is 224 g/mol. The minimum Gasteiger partial charge on any atom is -0.399 e. The number of amides is 1. The Morgan fingerprint density at radius 3 is 2.88 bits per heavy atom. The van der Waals surface area contributed by atoms with Gasteiger partial charge in [0.25, 0.3) is 5.91 Å². The fourth-order valence-electron chi connectivity index (χ4n) is 1.25. The molecule has 1 unspecified atom stereocenters. The highest BCUT2D eigenvalue weighted by molar-refractivity contribution is 5.96. The Kier molecular flexibility index (Phi) is 4.28. The number of nitrogens with one attached hydrogen (secondary N) is 1. The molecule has 16 heavy (non-hydrogen) atoms. The summed E-state index contributed by atoms with van der Waals surface area (Å²) in [7, 11) is 0. The normalized spacial score (nSPS) is 12.2. The van der Waals surface area contributed by atoms with Gasteiger partial charge in [0.15, 0.2) is 0 Å². The van der Waals surface area contributed by atoms with Gasteiger partial charge in [-0.3, -0.25) is 4.79 Å². The summed E-state index contributed by atoms with van der Waals surface area (Å²) in [6.07, 6.45) is -0.940. The molecule has 0 aliphatic carbocycles. The third-order valence-electron chi connectivity index (χ3n) is 2.22. The molecule has 0 aromatic heterocycles. The molecule has 5 N–H and O–H groups in total. The lowest BCUT2D eigenvalue weighted by Crippen LogP contribution is -2.34. The average Bonchev–Trinajstić information content (AvgIpc) is 2.28. The molecule has 0 heterocycles. The second-order valence-electron chi connectivity index (χ2n) is 3.62. The van der Waals surface area contributed by atoms with Crippen LogP contribution in [-0.4, -0.2) is 35.4 Å². The number of benzene rings is 1. The van der Waals surface area contributed by atoms with E-state index in [9.17, 15) is 4.79 Å². The van der Waals surface area contributed by atoms with E-state index < -0.39 is 6.10 Å². The lowest BCUT2D eigenvalue weighted by atomic mass is 10.1. The van der Waals surface area contributed by atoms with Gasteiger partial charge in [0.1, 0.15) is 0 Å². The van der Waals surface area contributed by atoms with Crippen LogP contribution in [0.15, 0.2) is 18.2 Å². The first-order valence-corrected chi connectivity index (χ1v) is 4.98. The van der Waals surface area contributed by atoms with Crippen molar-refractivity contribution in [3.8, 4) is 0 Å². The van der Waals surface area contributed by atoms with E-state index in [2.05, 4.69) is 5.32 Å². The molecule has 1 aromatic rings. The van der Waals surface area contributed by atoms with Gasteiger partial charge < -0.3 is 21.3 Å². The van der Waals surface area contributed by atoms with Crippen LogP contribution in [0.4, 0.5) is 5.69 Å². The molecular weight excluding hydrogens is 208 g/mol. The molecule has 1 aromatic carbocycles. The van der Waals surface area contributed by atoms with E-state index in [0.717, 1.165) is 5.56 Å². The fraction of sp³-hybridized carbons (Fsp3) is 0.364. The molecule has 0 spiro atoms. The zero-order chi connectivity index (χ0) is 12.1. The fourth-order valence-corrected chi connectivity index (χ4v) is 1.25. The lowest BCUT2D eigenvalue weighted by Gasteiger charge is -2.10. The third kappa shape index (κ3) is 3.22. The van der Waals surface area contributed by atoms with Crippen molar-refractivity contribution in [3.63, 3.8) is 0 Å². The topological polar surface area (TPSA) is 95.6 Å². The molecule has 1 amide bonds. The zero-order valence-corrected chi connectivity index (χ0v) is 9.10. The van der Waals surface area contributed by atoms with Gasteiger partial charge in [0.05, 0.1) is 12.7 Å². The molecule has 88 valence electrons. The molecule has 0 aliphatic rings. The predicted octanol–water partition coefficient (Wildman–Crippen LogP) is -0.340. The lowest BCUT2D eigenvalue weighted by molar-refractivity contribution is 0.0801. The van der Waals surface area contributed by atoms with Crippen LogP contribution in [0.2, 0.25) is 0 Å². The van der Waals surface area contributed by atoms with Crippen molar-refractivity contribution in [1.29, 1.82) is 0 Å². The first kappa shape index (κ1) is 12.5. The van der Waals surface area contributed by atoms with Crippen LogP contribution in [0.25, 0.3) is 0 Å². The van der Waals surface area contributed by atoms with Gasteiger partial charge in [-0.2, -0.15) is 0 Å². The third-order valence-corrected chi connectivity index (χ3v) is 2.22. The van der Waals surface area contributed by atoms with Crippen molar-refractivity contribution in [3.05, 3.63) is 29.3 Å². The predicted molar refractivity (Wildman–Crippen MR) is 61.0 cm³/mol. The van der Waals surface area contributed by atoms with Crippen LogP contribution in [0.5, 0.6) is 0 Å². The number of anilines is 1. The largest absolute Gasteiger partial charge is 0.399 e. The molecule has 0 radical (unpaired) electrons. The number of aliphatic hydroxyl groups is 2. The average molecular weight is 224 g/mol. The summed E-state index contributed by atoms with van der Waals surface area (Å²) in [5, 5.41) is 20.2. The smallest absolute Gasteiger partial charge is 0.251 e. The maximum atomic E-state index is 11.7. The summed E-state index contributed by atoms with van der Waals surface area (Å²) < 4.78 is 0. The van der Waals surface area contributed by atoms with Crippen LogP contribution in [-0.2, 0) is 0 Å². The second kappa shape index (κ2) is 5.48. The molecule has 0 saturated carbocycles. The number of rotatable bonds is 4. The summed E-state index contributed by atoms with van der Waals surface area (Å²) in [5.74, 6) is -0.308. The van der Waals surface area contributed by atoms with Gasteiger partial charge in [-0.1, -0.05) is 6.07 Å². The number of carbonyl (C=O) groups excluding carboxylic acids is 1. The zero-order valence-electron chi connectivity index (χ0n) is 9.10. The maximum Gasteiger partial charge on any atom is 0.251 e. The van der Waals surface area contributed by atoms with E-state index in [1.807, 2.05) is 0 Å². The molecule has 0 aliphatic heterocycles. The van der Waals surface area contributed by atoms with Crippen molar-refractivity contribution < 1.29 is 15.0 Å². The van der Waals surface area contributed by atoms with Crippen LogP contribution in [0.1, 0.15) is 15.9 Å². The van der Waals surface area contributed by atoms with E-state index in [0.29, 0.717) is 11.3 Å². The minimum absolute atomic E-state index is 0.0174. The summed E-state index contributed by atoms with van der Waals surface area (Å²) in [4.78, 5) is 11.7. The highest BCUT2D eigenvalue weighted by Gasteiger charge is 2.10. The molecule has 1 atom stereocenters. The summed E-state index contributed by atoms with van der Waals surface area (Å²) >= 11 is 0. The van der Waals surface area contributed by atoms with E-state index in [4.69, 9.17) is 15.9 Å². The van der Waals surface area contributed by atoms with Crippen LogP contribution in [0.3, 0.4) is 0 Å². The number of hydrogen-bond donors (Lipinski definition) is 4. The van der Waals surface area contributed by atoms with Gasteiger partial charge in [0.2, 0.25) is 0 Å². The number of nitrogen functional groups attached to an aromatic ring is 1. The Morgan fingerprint density at radius 1 is 1.56 bits per heavy atom. The van der Waals surface area contributed by atoms with Crippen molar-refractivity contribution in [2.45, 2.75) is 13.0 Å². The summed E-state index contributed by atoms with van der Waals surface area (Å²) in [6.45, 7) is 1.44. The highest BCUT2D eigenvalue weighted by Crippen LogP contribution is 2.12. The number of aryl methyl sites for hydroxylation is 1. The Labute approximate surface area is 93.9 Å². The molecule has 0 fully saturated rings. The number of hydrogen-bond acceptors (Lipinski definition) is 4. The van der Waals surface area contributed by atoms with Gasteiger partial charge in [-0.15, -0.1) is 0 Å². The Balaban J connectivity index is 2.69. The highest BCUT2D eigenvalue weighted by atomic mass is 16.3. The number of nitrogens with two attached hydrogens (primary N) is 1. The number of aliphatic hydroxyl groups excluding tert-OH is 2. The van der Waals surface area contributed by atoms with Crippen molar-refractivity contribution >= 4 is 11.6 Å². The molecule has 5 heteroatoms. The van der Waals surface area contributed by atoms with Crippen molar-refractivity contribution in [2.75, 3.05) is 18.9 Å². The van der Waals surface area contributed by atoms with E-state index in [1.165, 1.54) is 0 Å². The summed E-state index contributed by atoms with van der Waals surface area (Å²) in [5.41, 5.74) is 7.38. The van der Waals surface area contributed by atoms with Crippen LogP contribution in [0, 0.1) is 6.92 Å². The van der Waals surface area contributed by atoms with Gasteiger partial charge in [0, 0.05) is 17.8 Å². The molecule has 5 nitrogen and oxygen atoms in total.